The molecule has 2 aliphatic carbocycles. The Kier molecular flexibility index (Phi) is 10.4. The minimum Gasteiger partial charge on any atom is -0.288 e. The molecule has 70 heavy (non-hydrogen) atoms. The molecule has 0 saturated heterocycles. The van der Waals surface area contributed by atoms with E-state index in [0.717, 1.165) is 75.8 Å². The Hall–Kier alpha value is -9.38. The Balaban J connectivity index is 1.14. The maximum Gasteiger partial charge on any atom is 0.198 e. The molecule has 10 aromatic carbocycles. The Labute approximate surface area is 402 Å². The lowest BCUT2D eigenvalue weighted by Gasteiger charge is -2.10. The number of Topliss-reactive ketones (excluding diaryl/α,β-unsaturated/α-hetero) is 4. The third-order valence-corrected chi connectivity index (χ3v) is 13.6. The summed E-state index contributed by atoms with van der Waals surface area (Å²) in [6.07, 6.45) is 0. The van der Waals surface area contributed by atoms with Crippen molar-refractivity contribution < 1.29 is 19.2 Å². The fourth-order valence-corrected chi connectivity index (χ4v) is 10.2. The molecule has 0 radical (unpaired) electrons. The van der Waals surface area contributed by atoms with E-state index in [1.807, 2.05) is 109 Å². The van der Waals surface area contributed by atoms with Crippen LogP contribution in [-0.2, 0) is 0 Å². The van der Waals surface area contributed by atoms with Gasteiger partial charge in [0.05, 0.1) is 11.1 Å². The van der Waals surface area contributed by atoms with E-state index in [9.17, 15) is 19.2 Å². The van der Waals surface area contributed by atoms with Crippen molar-refractivity contribution in [1.82, 2.24) is 0 Å². The Bertz CT molecular complexity index is 3930. The summed E-state index contributed by atoms with van der Waals surface area (Å²) >= 11 is 0. The van der Waals surface area contributed by atoms with E-state index in [1.54, 1.807) is 48.5 Å². The molecular weight excluding hydrogens is 857 g/mol. The predicted octanol–water partition coefficient (Wildman–Crippen LogP) is 12.7. The Morgan fingerprint density at radius 1 is 0.186 bits per heavy atom. The van der Waals surface area contributed by atoms with Crippen molar-refractivity contribution in [3.05, 3.63) is 307 Å². The lowest BCUT2D eigenvalue weighted by Crippen LogP contribution is -2.14. The molecule has 0 atom stereocenters. The molecule has 0 bridgehead atoms. The highest BCUT2D eigenvalue weighted by atomic mass is 16.2. The molecule has 12 rings (SSSR count). The van der Waals surface area contributed by atoms with E-state index in [0.29, 0.717) is 32.7 Å². The topological polar surface area (TPSA) is 68.3 Å². The SMILES string of the molecule is O=C1C(=c2cc/c(=c3/cc/c(=c4/cc/c(=c5/ccc(=C6C(=O)c7ccccc7C6=O)cc5-c5ccccc5)c(-c5ccccc5)c4)cc3-c3ccccc3)c(-c3ccccc3)c2)C(=O)c2ccccc21. The third-order valence-electron chi connectivity index (χ3n) is 13.6. The van der Waals surface area contributed by atoms with E-state index in [-0.39, 0.29) is 34.3 Å². The molecule has 0 unspecified atom stereocenters. The second-order valence-electron chi connectivity index (χ2n) is 17.7. The van der Waals surface area contributed by atoms with Crippen molar-refractivity contribution in [3.8, 4) is 44.5 Å². The summed E-state index contributed by atoms with van der Waals surface area (Å²) < 4.78 is 0. The number of carbonyl (C=O) groups is 4. The number of hydrogen-bond acceptors (Lipinski definition) is 4. The molecule has 328 valence electrons. The molecule has 0 N–H and O–H groups in total. The van der Waals surface area contributed by atoms with Gasteiger partial charge >= 0.3 is 0 Å². The van der Waals surface area contributed by atoms with Crippen LogP contribution >= 0.6 is 0 Å². The van der Waals surface area contributed by atoms with E-state index in [4.69, 9.17) is 0 Å². The van der Waals surface area contributed by atoms with Crippen LogP contribution in [0, 0.1) is 31.3 Å². The van der Waals surface area contributed by atoms with Crippen molar-refractivity contribution in [2.24, 2.45) is 0 Å². The van der Waals surface area contributed by atoms with Gasteiger partial charge in [-0.1, -0.05) is 218 Å². The standard InChI is InChI=1S/C66H40O4/c67-63-53-25-13-14-26-54(53)64(68)61(63)47-31-35-51(59(39-47)43-21-9-3-10-22-43)49-33-29-45(37-57(49)41-17-5-1-6-18-41)46-30-34-50(58(38-46)42-19-7-2-8-20-42)52-36-32-48(40-60(52)44-23-11-4-12-24-44)62-65(69)55-27-15-16-28-56(55)66(62)70/h1-40H/b46-45+,51-49+,52-50+. The highest BCUT2D eigenvalue weighted by molar-refractivity contribution is 6.56. The van der Waals surface area contributed by atoms with Crippen molar-refractivity contribution >= 4 is 34.3 Å². The van der Waals surface area contributed by atoms with Gasteiger partial charge in [-0.15, -0.1) is 0 Å². The first-order chi connectivity index (χ1) is 34.4. The Morgan fingerprint density at radius 2 is 0.400 bits per heavy atom. The average Bonchev–Trinajstić information content (AvgIpc) is 3.84. The summed E-state index contributed by atoms with van der Waals surface area (Å²) in [6, 6.07) is 80.1. The van der Waals surface area contributed by atoms with Gasteiger partial charge in [0, 0.05) is 22.3 Å². The lowest BCUT2D eigenvalue weighted by atomic mass is 9.94. The van der Waals surface area contributed by atoms with Crippen molar-refractivity contribution in [1.29, 1.82) is 0 Å². The zero-order chi connectivity index (χ0) is 47.3. The highest BCUT2D eigenvalue weighted by Gasteiger charge is 2.34. The van der Waals surface area contributed by atoms with Crippen LogP contribution in [0.3, 0.4) is 0 Å². The first kappa shape index (κ1) is 42.0. The quantitative estimate of drug-likeness (QED) is 0.176. The number of hydrogen-bond donors (Lipinski definition) is 0. The Morgan fingerprint density at radius 3 is 0.657 bits per heavy atom. The first-order valence-corrected chi connectivity index (χ1v) is 23.3. The van der Waals surface area contributed by atoms with Gasteiger partial charge < -0.3 is 0 Å². The third kappa shape index (κ3) is 7.18. The molecule has 0 amide bonds. The maximum absolute atomic E-state index is 13.8. The van der Waals surface area contributed by atoms with Gasteiger partial charge in [0.25, 0.3) is 0 Å². The number of ketones is 4. The molecule has 0 aromatic heterocycles. The highest BCUT2D eigenvalue weighted by Crippen LogP contribution is 2.32. The van der Waals surface area contributed by atoms with Crippen molar-refractivity contribution in [2.75, 3.05) is 0 Å². The molecule has 10 aromatic rings. The molecule has 2 aliphatic rings. The van der Waals surface area contributed by atoms with Gasteiger partial charge in [-0.25, -0.2) is 0 Å². The van der Waals surface area contributed by atoms with Crippen LogP contribution in [0.1, 0.15) is 41.4 Å². The molecule has 0 saturated carbocycles. The van der Waals surface area contributed by atoms with E-state index in [2.05, 4.69) is 84.9 Å². The van der Waals surface area contributed by atoms with Crippen LogP contribution in [0.25, 0.3) is 55.7 Å². The molecule has 0 heterocycles. The van der Waals surface area contributed by atoms with Gasteiger partial charge in [0.1, 0.15) is 0 Å². The first-order valence-electron chi connectivity index (χ1n) is 23.3. The molecule has 0 fully saturated rings. The average molecular weight is 897 g/mol. The molecule has 0 spiro atoms. The van der Waals surface area contributed by atoms with Gasteiger partial charge in [-0.2, -0.15) is 0 Å². The predicted molar refractivity (Wildman–Crippen MR) is 277 cm³/mol. The van der Waals surface area contributed by atoms with Crippen LogP contribution in [0.2, 0.25) is 0 Å². The molecular formula is C66H40O4. The molecule has 4 nitrogen and oxygen atoms in total. The van der Waals surface area contributed by atoms with Crippen LogP contribution in [0.4, 0.5) is 0 Å². The van der Waals surface area contributed by atoms with Crippen LogP contribution < -0.4 is 10.4 Å². The number of benzene rings is 10. The maximum atomic E-state index is 13.8. The van der Waals surface area contributed by atoms with Crippen molar-refractivity contribution in [2.45, 2.75) is 0 Å². The van der Waals surface area contributed by atoms with Gasteiger partial charge in [-0.05, 0) is 111 Å². The summed E-state index contributed by atoms with van der Waals surface area (Å²) in [4.78, 5) is 55.0. The van der Waals surface area contributed by atoms with E-state index < -0.39 is 0 Å². The van der Waals surface area contributed by atoms with Gasteiger partial charge in [0.2, 0.25) is 0 Å². The zero-order valence-corrected chi connectivity index (χ0v) is 37.7. The molecule has 4 heteroatoms. The summed E-state index contributed by atoms with van der Waals surface area (Å²) in [6.45, 7) is 0. The largest absolute Gasteiger partial charge is 0.288 e. The summed E-state index contributed by atoms with van der Waals surface area (Å²) in [5.74, 6) is -1.01. The zero-order valence-electron chi connectivity index (χ0n) is 37.7. The summed E-state index contributed by atoms with van der Waals surface area (Å²) in [5.41, 5.74) is 10.0. The minimum atomic E-state index is -0.252. The number of carbonyl (C=O) groups excluding carboxylic acids is 4. The van der Waals surface area contributed by atoms with Crippen molar-refractivity contribution in [3.63, 3.8) is 0 Å². The fourth-order valence-electron chi connectivity index (χ4n) is 10.2. The van der Waals surface area contributed by atoms with E-state index >= 15 is 0 Å². The monoisotopic (exact) mass is 896 g/mol. The van der Waals surface area contributed by atoms with Gasteiger partial charge in [0.15, 0.2) is 23.1 Å². The minimum absolute atomic E-state index is 0.192. The number of fused-ring (bicyclic) bond motifs is 2. The molecule has 0 aliphatic heterocycles. The fraction of sp³-hybridized carbons (Fsp3) is 0. The smallest absolute Gasteiger partial charge is 0.198 e. The van der Waals surface area contributed by atoms with Crippen LogP contribution in [0.5, 0.6) is 0 Å². The van der Waals surface area contributed by atoms with E-state index in [1.165, 1.54) is 0 Å². The van der Waals surface area contributed by atoms with Crippen LogP contribution in [-0.4, -0.2) is 23.1 Å². The normalized spacial score (nSPS) is 14.5. The van der Waals surface area contributed by atoms with Gasteiger partial charge in [-0.3, -0.25) is 19.2 Å². The summed E-state index contributed by atoms with van der Waals surface area (Å²) in [7, 11) is 0. The van der Waals surface area contributed by atoms with Crippen LogP contribution in [0.15, 0.2) is 243 Å². The number of rotatable bonds is 4. The second kappa shape index (κ2) is 17.4. The summed E-state index contributed by atoms with van der Waals surface area (Å²) in [5, 5.41) is 7.18. The lowest BCUT2D eigenvalue weighted by molar-refractivity contribution is 0.101. The second-order valence-corrected chi connectivity index (χ2v) is 17.7.